The third-order valence-electron chi connectivity index (χ3n) is 3.56. The maximum atomic E-state index is 13.5. The van der Waals surface area contributed by atoms with E-state index in [9.17, 15) is 26.4 Å². The molecule has 0 saturated carbocycles. The minimum absolute atomic E-state index is 0.177. The molecule has 2 aromatic rings. The van der Waals surface area contributed by atoms with E-state index in [2.05, 4.69) is 4.99 Å². The van der Waals surface area contributed by atoms with Crippen molar-refractivity contribution in [2.45, 2.75) is 18.0 Å². The number of alkyl halides is 3. The Bertz CT molecular complexity index is 1030. The van der Waals surface area contributed by atoms with Crippen LogP contribution in [0.1, 0.15) is 21.5 Å². The number of hydrogen-bond acceptors (Lipinski definition) is 3. The summed E-state index contributed by atoms with van der Waals surface area (Å²) in [5, 5.41) is 5.15. The monoisotopic (exact) mass is 400 g/mol. The van der Waals surface area contributed by atoms with Gasteiger partial charge in [0.15, 0.2) is 5.96 Å². The SMILES string of the molecule is Cc1ccc(-c2cc(C(F)(F)F)c(C(=O)N=C(N)N)cc2S(N)(=O)=O)cc1. The predicted octanol–water partition coefficient (Wildman–Crippen LogP) is 1.74. The Morgan fingerprint density at radius 3 is 2.07 bits per heavy atom. The van der Waals surface area contributed by atoms with Crippen LogP contribution in [0.3, 0.4) is 0 Å². The van der Waals surface area contributed by atoms with Crippen LogP contribution in [0.2, 0.25) is 0 Å². The molecular formula is C16H15F3N4O3S. The van der Waals surface area contributed by atoms with E-state index in [-0.39, 0.29) is 11.1 Å². The number of sulfonamides is 1. The lowest BCUT2D eigenvalue weighted by Crippen LogP contribution is -2.25. The molecule has 7 nitrogen and oxygen atoms in total. The van der Waals surface area contributed by atoms with E-state index in [0.717, 1.165) is 5.56 Å². The third-order valence-corrected chi connectivity index (χ3v) is 4.51. The van der Waals surface area contributed by atoms with Crippen molar-refractivity contribution in [3.05, 3.63) is 53.1 Å². The Hall–Kier alpha value is -2.92. The number of rotatable bonds is 3. The number of halogens is 3. The Morgan fingerprint density at radius 1 is 1.07 bits per heavy atom. The van der Waals surface area contributed by atoms with Gasteiger partial charge in [0.2, 0.25) is 10.0 Å². The lowest BCUT2D eigenvalue weighted by atomic mass is 9.97. The topological polar surface area (TPSA) is 142 Å². The maximum absolute atomic E-state index is 13.5. The van der Waals surface area contributed by atoms with Gasteiger partial charge in [0, 0.05) is 5.56 Å². The van der Waals surface area contributed by atoms with E-state index in [1.165, 1.54) is 12.1 Å². The molecule has 0 spiro atoms. The zero-order valence-electron chi connectivity index (χ0n) is 13.9. The highest BCUT2D eigenvalue weighted by molar-refractivity contribution is 7.89. The zero-order valence-corrected chi connectivity index (χ0v) is 14.7. The fourth-order valence-corrected chi connectivity index (χ4v) is 3.13. The van der Waals surface area contributed by atoms with Crippen molar-refractivity contribution in [3.63, 3.8) is 0 Å². The first-order valence-electron chi connectivity index (χ1n) is 7.29. The lowest BCUT2D eigenvalue weighted by Gasteiger charge is -2.16. The van der Waals surface area contributed by atoms with Gasteiger partial charge in [0.05, 0.1) is 16.0 Å². The summed E-state index contributed by atoms with van der Waals surface area (Å²) in [7, 11) is -4.47. The highest BCUT2D eigenvalue weighted by Crippen LogP contribution is 2.38. The fraction of sp³-hybridized carbons (Fsp3) is 0.125. The average Bonchev–Trinajstić information content (AvgIpc) is 2.52. The number of aryl methyl sites for hydroxylation is 1. The Labute approximate surface area is 152 Å². The molecule has 11 heteroatoms. The second kappa shape index (κ2) is 7.00. The number of carbonyl (C=O) groups is 1. The molecule has 0 aliphatic carbocycles. The molecule has 27 heavy (non-hydrogen) atoms. The molecule has 0 heterocycles. The molecule has 0 unspecified atom stereocenters. The molecule has 0 saturated heterocycles. The van der Waals surface area contributed by atoms with Gasteiger partial charge in [0.1, 0.15) is 0 Å². The van der Waals surface area contributed by atoms with Gasteiger partial charge >= 0.3 is 6.18 Å². The minimum atomic E-state index is -4.97. The second-order valence-corrected chi connectivity index (χ2v) is 7.17. The van der Waals surface area contributed by atoms with Gasteiger partial charge in [-0.25, -0.2) is 13.6 Å². The van der Waals surface area contributed by atoms with Crippen molar-refractivity contribution in [2.24, 2.45) is 21.6 Å². The number of nitrogens with zero attached hydrogens (tertiary/aromatic N) is 1. The van der Waals surface area contributed by atoms with Crippen LogP contribution in [-0.2, 0) is 16.2 Å². The molecule has 0 radical (unpaired) electrons. The smallest absolute Gasteiger partial charge is 0.370 e. The normalized spacial score (nSPS) is 11.9. The van der Waals surface area contributed by atoms with Crippen LogP contribution in [0.4, 0.5) is 13.2 Å². The summed E-state index contributed by atoms with van der Waals surface area (Å²) in [4.78, 5) is 14.4. The Balaban J connectivity index is 2.91. The molecule has 1 amide bonds. The van der Waals surface area contributed by atoms with E-state index < -0.39 is 44.1 Å². The first-order chi connectivity index (χ1) is 12.3. The van der Waals surface area contributed by atoms with Gasteiger partial charge in [-0.2, -0.15) is 18.2 Å². The van der Waals surface area contributed by atoms with E-state index >= 15 is 0 Å². The molecule has 0 aliphatic rings. The first kappa shape index (κ1) is 20.4. The molecule has 0 aromatic heterocycles. The number of guanidine groups is 1. The van der Waals surface area contributed by atoms with Crippen LogP contribution in [0.25, 0.3) is 11.1 Å². The van der Waals surface area contributed by atoms with Gasteiger partial charge in [-0.05, 0) is 24.6 Å². The van der Waals surface area contributed by atoms with Gasteiger partial charge in [0.25, 0.3) is 5.91 Å². The molecule has 0 aliphatic heterocycles. The number of aliphatic imine (C=N–C) groups is 1. The summed E-state index contributed by atoms with van der Waals surface area (Å²) in [5.41, 5.74) is 8.33. The van der Waals surface area contributed by atoms with E-state index in [0.29, 0.717) is 12.1 Å². The standard InChI is InChI=1S/C16H15F3N4O3S/c1-8-2-4-9(5-3-8)10-6-12(16(17,18)19)11(14(24)23-15(20)21)7-13(10)27(22,25)26/h2-7H,1H3,(H2,22,25,26)(H4,20,21,23,24). The van der Waals surface area contributed by atoms with Crippen LogP contribution in [0, 0.1) is 6.92 Å². The number of amides is 1. The molecule has 144 valence electrons. The van der Waals surface area contributed by atoms with Gasteiger partial charge in [-0.15, -0.1) is 0 Å². The number of nitrogens with two attached hydrogens (primary N) is 3. The van der Waals surface area contributed by atoms with E-state index in [4.69, 9.17) is 16.6 Å². The quantitative estimate of drug-likeness (QED) is 0.531. The highest BCUT2D eigenvalue weighted by atomic mass is 32.2. The van der Waals surface area contributed by atoms with Crippen LogP contribution < -0.4 is 16.6 Å². The van der Waals surface area contributed by atoms with Crippen molar-refractivity contribution in [3.8, 4) is 11.1 Å². The van der Waals surface area contributed by atoms with Crippen molar-refractivity contribution in [1.82, 2.24) is 0 Å². The molecule has 0 fully saturated rings. The summed E-state index contributed by atoms with van der Waals surface area (Å²) in [5.74, 6) is -2.21. The van der Waals surface area contributed by atoms with Gasteiger partial charge < -0.3 is 11.5 Å². The third kappa shape index (κ3) is 4.63. The second-order valence-electron chi connectivity index (χ2n) is 5.64. The molecule has 6 N–H and O–H groups in total. The van der Waals surface area contributed by atoms with Gasteiger partial charge in [-0.3, -0.25) is 4.79 Å². The predicted molar refractivity (Wildman–Crippen MR) is 93.1 cm³/mol. The largest absolute Gasteiger partial charge is 0.417 e. The molecule has 2 aromatic carbocycles. The first-order valence-corrected chi connectivity index (χ1v) is 8.84. The number of primary sulfonamides is 1. The summed E-state index contributed by atoms with van der Waals surface area (Å²) >= 11 is 0. The number of hydrogen-bond donors (Lipinski definition) is 3. The number of carbonyl (C=O) groups excluding carboxylic acids is 1. The lowest BCUT2D eigenvalue weighted by molar-refractivity contribution is -0.137. The summed E-state index contributed by atoms with van der Waals surface area (Å²) in [6, 6.07) is 7.14. The summed E-state index contributed by atoms with van der Waals surface area (Å²) in [6.45, 7) is 1.75. The van der Waals surface area contributed by atoms with Crippen molar-refractivity contribution < 1.29 is 26.4 Å². The van der Waals surface area contributed by atoms with Crippen LogP contribution >= 0.6 is 0 Å². The van der Waals surface area contributed by atoms with Gasteiger partial charge in [-0.1, -0.05) is 29.8 Å². The van der Waals surface area contributed by atoms with Crippen molar-refractivity contribution in [2.75, 3.05) is 0 Å². The molecule has 0 atom stereocenters. The van der Waals surface area contributed by atoms with Crippen molar-refractivity contribution in [1.29, 1.82) is 0 Å². The van der Waals surface area contributed by atoms with Crippen LogP contribution in [-0.4, -0.2) is 20.3 Å². The van der Waals surface area contributed by atoms with Crippen molar-refractivity contribution >= 4 is 21.9 Å². The molecular weight excluding hydrogens is 385 g/mol. The number of benzene rings is 2. The minimum Gasteiger partial charge on any atom is -0.370 e. The van der Waals surface area contributed by atoms with Crippen LogP contribution in [0.15, 0.2) is 46.3 Å². The summed E-state index contributed by atoms with van der Waals surface area (Å²) < 4.78 is 64.4. The van der Waals surface area contributed by atoms with Crippen LogP contribution in [0.5, 0.6) is 0 Å². The molecule has 0 bridgehead atoms. The average molecular weight is 400 g/mol. The summed E-state index contributed by atoms with van der Waals surface area (Å²) in [6.07, 6.45) is -4.97. The Kier molecular flexibility index (Phi) is 5.29. The fourth-order valence-electron chi connectivity index (χ4n) is 2.36. The highest BCUT2D eigenvalue weighted by Gasteiger charge is 2.37. The van der Waals surface area contributed by atoms with E-state index in [1.54, 1.807) is 19.1 Å². The Morgan fingerprint density at radius 2 is 1.63 bits per heavy atom. The maximum Gasteiger partial charge on any atom is 0.417 e. The van der Waals surface area contributed by atoms with E-state index in [1.807, 2.05) is 0 Å². The molecule has 2 rings (SSSR count). The zero-order chi connectivity index (χ0) is 20.6.